The molecule has 0 saturated carbocycles. The Morgan fingerprint density at radius 3 is 2.82 bits per heavy atom. The Morgan fingerprint density at radius 2 is 2.18 bits per heavy atom. The number of benzene rings is 1. The van der Waals surface area contributed by atoms with Crippen molar-refractivity contribution in [2.75, 3.05) is 7.11 Å². The molecule has 17 heavy (non-hydrogen) atoms. The quantitative estimate of drug-likeness (QED) is 0.946. The lowest BCUT2D eigenvalue weighted by atomic mass is 10.0. The van der Waals surface area contributed by atoms with Gasteiger partial charge in [0.15, 0.2) is 0 Å². The lowest BCUT2D eigenvalue weighted by Crippen LogP contribution is -2.01. The van der Waals surface area contributed by atoms with Gasteiger partial charge in [0.1, 0.15) is 11.9 Å². The lowest BCUT2D eigenvalue weighted by molar-refractivity contribution is 0.218. The minimum atomic E-state index is -0.715. The zero-order valence-corrected chi connectivity index (χ0v) is 10.9. The molecular weight excluding hydrogens is 282 g/mol. The van der Waals surface area contributed by atoms with Crippen molar-refractivity contribution < 1.29 is 9.84 Å². The third-order valence-corrected chi connectivity index (χ3v) is 3.22. The van der Waals surface area contributed by atoms with Crippen LogP contribution in [0, 0.1) is 0 Å². The molecule has 1 unspecified atom stereocenters. The van der Waals surface area contributed by atoms with Crippen molar-refractivity contribution in [3.8, 4) is 5.75 Å². The van der Waals surface area contributed by atoms with Crippen LogP contribution in [-0.2, 0) is 0 Å². The first kappa shape index (κ1) is 12.1. The summed E-state index contributed by atoms with van der Waals surface area (Å²) in [6, 6.07) is 9.13. The molecule has 1 N–H and O–H groups in total. The predicted molar refractivity (Wildman–Crippen MR) is 69.0 cm³/mol. The number of aliphatic hydroxyl groups excluding tert-OH is 1. The Labute approximate surface area is 108 Å². The van der Waals surface area contributed by atoms with Gasteiger partial charge in [0, 0.05) is 28.0 Å². The normalized spacial score (nSPS) is 12.2. The Hall–Kier alpha value is -1.39. The predicted octanol–water partition coefficient (Wildman–Crippen LogP) is 2.93. The molecule has 0 aliphatic carbocycles. The van der Waals surface area contributed by atoms with E-state index in [1.807, 2.05) is 24.3 Å². The van der Waals surface area contributed by atoms with Gasteiger partial charge in [-0.25, -0.2) is 0 Å². The zero-order valence-electron chi connectivity index (χ0n) is 9.30. The number of rotatable bonds is 3. The van der Waals surface area contributed by atoms with Gasteiger partial charge in [0.05, 0.1) is 7.11 Å². The van der Waals surface area contributed by atoms with Gasteiger partial charge >= 0.3 is 0 Å². The minimum absolute atomic E-state index is 0.714. The van der Waals surface area contributed by atoms with Crippen LogP contribution in [0.15, 0.2) is 47.2 Å². The number of hydrogen-bond donors (Lipinski definition) is 1. The number of ether oxygens (including phenoxy) is 1. The molecule has 3 nitrogen and oxygen atoms in total. The maximum absolute atomic E-state index is 10.3. The topological polar surface area (TPSA) is 42.4 Å². The molecule has 0 radical (unpaired) electrons. The lowest BCUT2D eigenvalue weighted by Gasteiger charge is -2.14. The average molecular weight is 294 g/mol. The largest absolute Gasteiger partial charge is 0.497 e. The Kier molecular flexibility index (Phi) is 3.76. The number of aromatic nitrogens is 1. The van der Waals surface area contributed by atoms with Gasteiger partial charge in [0.2, 0.25) is 0 Å². The summed E-state index contributed by atoms with van der Waals surface area (Å²) in [4.78, 5) is 4.00. The third-order valence-electron chi connectivity index (χ3n) is 2.50. The summed E-state index contributed by atoms with van der Waals surface area (Å²) in [6.45, 7) is 0. The van der Waals surface area contributed by atoms with E-state index in [1.54, 1.807) is 25.6 Å². The van der Waals surface area contributed by atoms with Crippen molar-refractivity contribution in [1.82, 2.24) is 4.98 Å². The Balaban J connectivity index is 2.40. The van der Waals surface area contributed by atoms with Gasteiger partial charge in [-0.05, 0) is 24.3 Å². The molecule has 1 aromatic carbocycles. The fraction of sp³-hybridized carbons (Fsp3) is 0.154. The molecular formula is C13H12BrNO2. The second-order valence-electron chi connectivity index (χ2n) is 3.58. The van der Waals surface area contributed by atoms with Crippen molar-refractivity contribution in [2.45, 2.75) is 6.10 Å². The van der Waals surface area contributed by atoms with Gasteiger partial charge in [-0.1, -0.05) is 22.0 Å². The van der Waals surface area contributed by atoms with Crippen LogP contribution < -0.4 is 4.74 Å². The van der Waals surface area contributed by atoms with Gasteiger partial charge in [-0.3, -0.25) is 4.98 Å². The van der Waals surface area contributed by atoms with Crippen LogP contribution in [0.2, 0.25) is 0 Å². The van der Waals surface area contributed by atoms with E-state index in [9.17, 15) is 5.11 Å². The molecule has 0 spiro atoms. The van der Waals surface area contributed by atoms with Crippen LogP contribution in [-0.4, -0.2) is 17.2 Å². The van der Waals surface area contributed by atoms with Crippen LogP contribution in [0.4, 0.5) is 0 Å². The van der Waals surface area contributed by atoms with Crippen LogP contribution in [0.1, 0.15) is 17.2 Å². The van der Waals surface area contributed by atoms with Gasteiger partial charge < -0.3 is 9.84 Å². The molecule has 0 saturated heterocycles. The highest BCUT2D eigenvalue weighted by Gasteiger charge is 2.14. The van der Waals surface area contributed by atoms with Gasteiger partial charge in [0.25, 0.3) is 0 Å². The highest BCUT2D eigenvalue weighted by Crippen LogP contribution is 2.31. The van der Waals surface area contributed by atoms with Crippen molar-refractivity contribution in [1.29, 1.82) is 0 Å². The molecule has 4 heteroatoms. The first-order valence-electron chi connectivity index (χ1n) is 5.14. The summed E-state index contributed by atoms with van der Waals surface area (Å²) in [6.07, 6.45) is 2.61. The van der Waals surface area contributed by atoms with Gasteiger partial charge in [-0.15, -0.1) is 0 Å². The van der Waals surface area contributed by atoms with E-state index in [1.165, 1.54) is 0 Å². The fourth-order valence-electron chi connectivity index (χ4n) is 1.58. The highest BCUT2D eigenvalue weighted by molar-refractivity contribution is 9.10. The Bertz CT molecular complexity index is 502. The summed E-state index contributed by atoms with van der Waals surface area (Å²) >= 11 is 3.42. The van der Waals surface area contributed by atoms with E-state index in [2.05, 4.69) is 20.9 Å². The molecule has 0 bridgehead atoms. The fourth-order valence-corrected chi connectivity index (χ4v) is 2.04. The number of aliphatic hydroxyl groups is 1. The number of methoxy groups -OCH3 is 1. The smallest absolute Gasteiger partial charge is 0.119 e. The van der Waals surface area contributed by atoms with Crippen LogP contribution in [0.5, 0.6) is 5.75 Å². The number of pyridine rings is 1. The summed E-state index contributed by atoms with van der Waals surface area (Å²) in [5, 5.41) is 10.3. The first-order chi connectivity index (χ1) is 8.22. The summed E-state index contributed by atoms with van der Waals surface area (Å²) in [5.41, 5.74) is 1.51. The molecule has 0 aliphatic heterocycles. The van der Waals surface area contributed by atoms with E-state index < -0.39 is 6.10 Å². The molecule has 0 amide bonds. The summed E-state index contributed by atoms with van der Waals surface area (Å²) in [7, 11) is 1.60. The van der Waals surface area contributed by atoms with Gasteiger partial charge in [-0.2, -0.15) is 0 Å². The van der Waals surface area contributed by atoms with E-state index in [0.29, 0.717) is 5.75 Å². The second kappa shape index (κ2) is 5.29. The molecule has 1 heterocycles. The van der Waals surface area contributed by atoms with E-state index >= 15 is 0 Å². The maximum atomic E-state index is 10.3. The number of nitrogens with zero attached hydrogens (tertiary/aromatic N) is 1. The number of halogens is 1. The van der Waals surface area contributed by atoms with Crippen LogP contribution in [0.25, 0.3) is 0 Å². The second-order valence-corrected chi connectivity index (χ2v) is 4.43. The van der Waals surface area contributed by atoms with Crippen LogP contribution >= 0.6 is 15.9 Å². The SMILES string of the molecule is COc1ccc(Br)c(C(O)c2cccnc2)c1. The molecule has 1 aromatic heterocycles. The van der Waals surface area contributed by atoms with Crippen LogP contribution in [0.3, 0.4) is 0 Å². The molecule has 2 aromatic rings. The van der Waals surface area contributed by atoms with Crippen molar-refractivity contribution in [2.24, 2.45) is 0 Å². The molecule has 1 atom stereocenters. The third kappa shape index (κ3) is 2.65. The Morgan fingerprint density at radius 1 is 1.35 bits per heavy atom. The molecule has 88 valence electrons. The zero-order chi connectivity index (χ0) is 12.3. The summed E-state index contributed by atoms with van der Waals surface area (Å²) < 4.78 is 5.99. The monoisotopic (exact) mass is 293 g/mol. The van der Waals surface area contributed by atoms with Crippen molar-refractivity contribution >= 4 is 15.9 Å². The van der Waals surface area contributed by atoms with E-state index in [4.69, 9.17) is 4.74 Å². The first-order valence-corrected chi connectivity index (χ1v) is 5.93. The summed E-state index contributed by atoms with van der Waals surface area (Å²) in [5.74, 6) is 0.714. The highest BCUT2D eigenvalue weighted by atomic mass is 79.9. The molecule has 0 fully saturated rings. The molecule has 0 aliphatic rings. The van der Waals surface area contributed by atoms with Crippen molar-refractivity contribution in [3.05, 3.63) is 58.3 Å². The van der Waals surface area contributed by atoms with Crippen molar-refractivity contribution in [3.63, 3.8) is 0 Å². The minimum Gasteiger partial charge on any atom is -0.497 e. The van der Waals surface area contributed by atoms with E-state index in [0.717, 1.165) is 15.6 Å². The molecule has 2 rings (SSSR count). The average Bonchev–Trinajstić information content (AvgIpc) is 2.39. The number of hydrogen-bond acceptors (Lipinski definition) is 3. The standard InChI is InChI=1S/C13H12BrNO2/c1-17-10-4-5-12(14)11(7-10)13(16)9-3-2-6-15-8-9/h2-8,13,16H,1H3. The van der Waals surface area contributed by atoms with E-state index in [-0.39, 0.29) is 0 Å². The maximum Gasteiger partial charge on any atom is 0.119 e.